The van der Waals surface area contributed by atoms with Crippen LogP contribution in [0.15, 0.2) is 29.6 Å². The van der Waals surface area contributed by atoms with Crippen molar-refractivity contribution >= 4 is 22.9 Å². The largest absolute Gasteiger partial charge is 0.206 e. The van der Waals surface area contributed by atoms with Crippen LogP contribution in [0.1, 0.15) is 26.3 Å². The summed E-state index contributed by atoms with van der Waals surface area (Å²) in [4.78, 5) is 0. The minimum atomic E-state index is -0.175. The fourth-order valence-corrected chi connectivity index (χ4v) is 2.85. The maximum absolute atomic E-state index is 14.1. The van der Waals surface area contributed by atoms with Gasteiger partial charge in [0.2, 0.25) is 0 Å². The van der Waals surface area contributed by atoms with Gasteiger partial charge in [-0.3, -0.25) is 0 Å². The SMILES string of the molecule is CC(C)(C)Cc1ccc(-c2csc(Cl)c2)c(F)c1. The van der Waals surface area contributed by atoms with E-state index in [0.29, 0.717) is 9.90 Å². The molecule has 0 saturated heterocycles. The molecule has 1 aromatic heterocycles. The van der Waals surface area contributed by atoms with Crippen LogP contribution in [0.5, 0.6) is 0 Å². The standard InChI is InChI=1S/C15H16ClFS/c1-15(2,3)8-10-4-5-12(13(17)6-10)11-7-14(16)18-9-11/h4-7,9H,8H2,1-3H3. The molecule has 1 heterocycles. The maximum Gasteiger partial charge on any atom is 0.131 e. The predicted molar refractivity (Wildman–Crippen MR) is 77.9 cm³/mol. The Morgan fingerprint density at radius 3 is 2.44 bits per heavy atom. The van der Waals surface area contributed by atoms with E-state index in [-0.39, 0.29) is 11.2 Å². The molecule has 1 aromatic carbocycles. The van der Waals surface area contributed by atoms with Gasteiger partial charge in [0.25, 0.3) is 0 Å². The van der Waals surface area contributed by atoms with Crippen LogP contribution >= 0.6 is 22.9 Å². The van der Waals surface area contributed by atoms with Crippen molar-refractivity contribution in [3.8, 4) is 11.1 Å². The number of benzene rings is 1. The summed E-state index contributed by atoms with van der Waals surface area (Å²) in [6.07, 6.45) is 0.870. The number of hydrogen-bond donors (Lipinski definition) is 0. The highest BCUT2D eigenvalue weighted by Crippen LogP contribution is 2.31. The summed E-state index contributed by atoms with van der Waals surface area (Å²) < 4.78 is 14.8. The molecule has 0 amide bonds. The third-order valence-electron chi connectivity index (χ3n) is 2.65. The fraction of sp³-hybridized carbons (Fsp3) is 0.333. The van der Waals surface area contributed by atoms with Crippen LogP contribution in [-0.2, 0) is 6.42 Å². The summed E-state index contributed by atoms with van der Waals surface area (Å²) in [5.41, 5.74) is 2.67. The zero-order chi connectivity index (χ0) is 13.3. The van der Waals surface area contributed by atoms with Crippen molar-refractivity contribution in [2.45, 2.75) is 27.2 Å². The fourth-order valence-electron chi connectivity index (χ4n) is 1.97. The molecule has 0 radical (unpaired) electrons. The van der Waals surface area contributed by atoms with Gasteiger partial charge in [-0.1, -0.05) is 44.5 Å². The van der Waals surface area contributed by atoms with Crippen molar-refractivity contribution in [2.75, 3.05) is 0 Å². The molecule has 2 rings (SSSR count). The molecule has 0 unspecified atom stereocenters. The average molecular weight is 283 g/mol. The van der Waals surface area contributed by atoms with E-state index in [1.807, 2.05) is 17.5 Å². The van der Waals surface area contributed by atoms with E-state index in [4.69, 9.17) is 11.6 Å². The molecule has 0 atom stereocenters. The third-order valence-corrected chi connectivity index (χ3v) is 3.74. The van der Waals surface area contributed by atoms with E-state index in [9.17, 15) is 4.39 Å². The highest BCUT2D eigenvalue weighted by atomic mass is 35.5. The smallest absolute Gasteiger partial charge is 0.131 e. The van der Waals surface area contributed by atoms with Gasteiger partial charge in [-0.05, 0) is 35.1 Å². The van der Waals surface area contributed by atoms with E-state index in [1.165, 1.54) is 11.3 Å². The Hall–Kier alpha value is -0.860. The summed E-state index contributed by atoms with van der Waals surface area (Å²) in [5.74, 6) is -0.175. The van der Waals surface area contributed by atoms with Gasteiger partial charge in [0.05, 0.1) is 4.34 Å². The number of rotatable bonds is 2. The summed E-state index contributed by atoms with van der Waals surface area (Å²) in [5, 5.41) is 1.88. The summed E-state index contributed by atoms with van der Waals surface area (Å²) in [6.45, 7) is 6.45. The Bertz CT molecular complexity index is 552. The molecule has 0 nitrogen and oxygen atoms in total. The van der Waals surface area contributed by atoms with Crippen molar-refractivity contribution in [1.82, 2.24) is 0 Å². The van der Waals surface area contributed by atoms with Gasteiger partial charge in [0.15, 0.2) is 0 Å². The van der Waals surface area contributed by atoms with Gasteiger partial charge in [0, 0.05) is 10.9 Å². The van der Waals surface area contributed by atoms with Crippen LogP contribution in [0.3, 0.4) is 0 Å². The molecule has 0 aliphatic carbocycles. The molecule has 0 bridgehead atoms. The van der Waals surface area contributed by atoms with E-state index >= 15 is 0 Å². The topological polar surface area (TPSA) is 0 Å². The number of hydrogen-bond acceptors (Lipinski definition) is 1. The van der Waals surface area contributed by atoms with Gasteiger partial charge in [-0.2, -0.15) is 0 Å². The molecule has 96 valence electrons. The molecular formula is C15H16ClFS. The Kier molecular flexibility index (Phi) is 3.79. The van der Waals surface area contributed by atoms with Gasteiger partial charge in [0.1, 0.15) is 5.82 Å². The molecule has 0 aliphatic rings. The maximum atomic E-state index is 14.1. The van der Waals surface area contributed by atoms with Crippen LogP contribution in [-0.4, -0.2) is 0 Å². The normalized spacial score (nSPS) is 11.8. The quantitative estimate of drug-likeness (QED) is 0.653. The lowest BCUT2D eigenvalue weighted by molar-refractivity contribution is 0.410. The van der Waals surface area contributed by atoms with E-state index in [0.717, 1.165) is 17.5 Å². The van der Waals surface area contributed by atoms with Crippen molar-refractivity contribution < 1.29 is 4.39 Å². The van der Waals surface area contributed by atoms with Crippen molar-refractivity contribution in [3.63, 3.8) is 0 Å². The Morgan fingerprint density at radius 2 is 1.94 bits per heavy atom. The second kappa shape index (κ2) is 5.02. The first-order chi connectivity index (χ1) is 8.35. The van der Waals surface area contributed by atoms with Crippen molar-refractivity contribution in [2.24, 2.45) is 5.41 Å². The monoisotopic (exact) mass is 282 g/mol. The van der Waals surface area contributed by atoms with E-state index in [2.05, 4.69) is 20.8 Å². The molecule has 0 N–H and O–H groups in total. The first-order valence-corrected chi connectivity index (χ1v) is 7.14. The highest BCUT2D eigenvalue weighted by Gasteiger charge is 2.13. The summed E-state index contributed by atoms with van der Waals surface area (Å²) >= 11 is 7.30. The molecular weight excluding hydrogens is 267 g/mol. The third kappa shape index (κ3) is 3.33. The van der Waals surface area contributed by atoms with Gasteiger partial charge in [-0.25, -0.2) is 4.39 Å². The van der Waals surface area contributed by atoms with Gasteiger partial charge < -0.3 is 0 Å². The number of halogens is 2. The van der Waals surface area contributed by atoms with E-state index in [1.54, 1.807) is 12.1 Å². The Labute approximate surface area is 116 Å². The zero-order valence-electron chi connectivity index (χ0n) is 10.8. The first-order valence-electron chi connectivity index (χ1n) is 5.88. The molecule has 0 saturated carbocycles. The van der Waals surface area contributed by atoms with Crippen LogP contribution < -0.4 is 0 Å². The second-order valence-corrected chi connectivity index (χ2v) is 7.23. The van der Waals surface area contributed by atoms with Crippen LogP contribution in [0.4, 0.5) is 4.39 Å². The van der Waals surface area contributed by atoms with Crippen LogP contribution in [0, 0.1) is 11.2 Å². The molecule has 2 aromatic rings. The zero-order valence-corrected chi connectivity index (χ0v) is 12.3. The number of thiophene rings is 1. The minimum Gasteiger partial charge on any atom is -0.206 e. The first kappa shape index (κ1) is 13.6. The molecule has 0 spiro atoms. The molecule has 0 aliphatic heterocycles. The predicted octanol–water partition coefficient (Wildman–Crippen LogP) is 5.80. The lowest BCUT2D eigenvalue weighted by Crippen LogP contribution is -2.09. The summed E-state index contributed by atoms with van der Waals surface area (Å²) in [6, 6.07) is 7.27. The lowest BCUT2D eigenvalue weighted by atomic mass is 9.87. The van der Waals surface area contributed by atoms with Crippen molar-refractivity contribution in [3.05, 3.63) is 45.4 Å². The van der Waals surface area contributed by atoms with Crippen molar-refractivity contribution in [1.29, 1.82) is 0 Å². The molecule has 3 heteroatoms. The molecule has 18 heavy (non-hydrogen) atoms. The van der Waals surface area contributed by atoms with Crippen LogP contribution in [0.2, 0.25) is 4.34 Å². The average Bonchev–Trinajstić information content (AvgIpc) is 2.62. The van der Waals surface area contributed by atoms with Crippen LogP contribution in [0.25, 0.3) is 11.1 Å². The van der Waals surface area contributed by atoms with Gasteiger partial charge in [-0.15, -0.1) is 11.3 Å². The lowest BCUT2D eigenvalue weighted by Gasteiger charge is -2.18. The van der Waals surface area contributed by atoms with Gasteiger partial charge >= 0.3 is 0 Å². The highest BCUT2D eigenvalue weighted by molar-refractivity contribution is 7.14. The second-order valence-electron chi connectivity index (χ2n) is 5.69. The van der Waals surface area contributed by atoms with E-state index < -0.39 is 0 Å². The minimum absolute atomic E-state index is 0.166. The molecule has 0 fully saturated rings. The summed E-state index contributed by atoms with van der Waals surface area (Å²) in [7, 11) is 0. The Balaban J connectivity index is 2.31. The Morgan fingerprint density at radius 1 is 1.22 bits per heavy atom.